The summed E-state index contributed by atoms with van der Waals surface area (Å²) in [5.74, 6) is 0.636. The first kappa shape index (κ1) is 24.7. The van der Waals surface area contributed by atoms with Crippen LogP contribution in [0.2, 0.25) is 18.1 Å². The van der Waals surface area contributed by atoms with Gasteiger partial charge in [-0.05, 0) is 29.8 Å². The summed E-state index contributed by atoms with van der Waals surface area (Å²) >= 11 is 0. The van der Waals surface area contributed by atoms with Crippen LogP contribution in [-0.2, 0) is 24.5 Å². The molecule has 35 heavy (non-hydrogen) atoms. The third-order valence-electron chi connectivity index (χ3n) is 6.50. The SMILES string of the molecule is Cn1cc(-n2ccc(=O)c(Cc3cccc(-c4ncc(CO[Si](C)(C)C(C)(C)C)cn4)c3)n2)cn1. The van der Waals surface area contributed by atoms with Crippen molar-refractivity contribution < 1.29 is 4.43 Å². The molecular formula is C26H32N6O2Si. The zero-order valence-corrected chi connectivity index (χ0v) is 22.2. The third kappa shape index (κ3) is 5.80. The molecule has 4 rings (SSSR count). The monoisotopic (exact) mass is 488 g/mol. The second-order valence-electron chi connectivity index (χ2n) is 10.3. The van der Waals surface area contributed by atoms with E-state index in [1.165, 1.54) is 6.07 Å². The maximum Gasteiger partial charge on any atom is 0.203 e. The van der Waals surface area contributed by atoms with Crippen molar-refractivity contribution >= 4 is 8.32 Å². The normalized spacial score (nSPS) is 12.2. The van der Waals surface area contributed by atoms with Gasteiger partial charge in [-0.15, -0.1) is 0 Å². The second kappa shape index (κ2) is 9.67. The Morgan fingerprint density at radius 3 is 2.43 bits per heavy atom. The minimum absolute atomic E-state index is 0.0992. The summed E-state index contributed by atoms with van der Waals surface area (Å²) < 4.78 is 9.65. The van der Waals surface area contributed by atoms with Gasteiger partial charge in [-0.3, -0.25) is 9.48 Å². The van der Waals surface area contributed by atoms with E-state index in [1.54, 1.807) is 21.8 Å². The van der Waals surface area contributed by atoms with E-state index in [2.05, 4.69) is 54.0 Å². The Kier molecular flexibility index (Phi) is 6.82. The number of hydrogen-bond donors (Lipinski definition) is 0. The number of benzene rings is 1. The summed E-state index contributed by atoms with van der Waals surface area (Å²) in [6.07, 6.45) is 9.27. The highest BCUT2D eigenvalue weighted by Crippen LogP contribution is 2.37. The first-order valence-corrected chi connectivity index (χ1v) is 14.5. The van der Waals surface area contributed by atoms with Gasteiger partial charge in [0.05, 0.1) is 19.0 Å². The van der Waals surface area contributed by atoms with Gasteiger partial charge in [0, 0.05) is 49.3 Å². The van der Waals surface area contributed by atoms with E-state index in [1.807, 2.05) is 49.9 Å². The van der Waals surface area contributed by atoms with E-state index < -0.39 is 8.32 Å². The Bertz CT molecular complexity index is 1370. The molecule has 3 aromatic heterocycles. The molecule has 0 spiro atoms. The van der Waals surface area contributed by atoms with Crippen LogP contribution < -0.4 is 5.43 Å². The zero-order valence-electron chi connectivity index (χ0n) is 21.2. The Labute approximate surface area is 206 Å². The standard InChI is InChI=1S/C26H32N6O2Si/c1-26(2,3)35(5,6)34-18-20-14-27-25(28-15-20)21-9-7-8-19(12-21)13-23-24(33)10-11-32(30-23)22-16-29-31(4)17-22/h7-12,14-17H,13,18H2,1-6H3. The molecule has 0 aliphatic carbocycles. The lowest BCUT2D eigenvalue weighted by Gasteiger charge is -2.36. The Morgan fingerprint density at radius 1 is 1.03 bits per heavy atom. The number of rotatable bonds is 7. The third-order valence-corrected chi connectivity index (χ3v) is 11.0. The Balaban J connectivity index is 1.49. The zero-order chi connectivity index (χ0) is 25.2. The molecule has 0 radical (unpaired) electrons. The molecule has 0 saturated heterocycles. The lowest BCUT2D eigenvalue weighted by molar-refractivity contribution is 0.275. The fourth-order valence-electron chi connectivity index (χ4n) is 3.31. The summed E-state index contributed by atoms with van der Waals surface area (Å²) in [7, 11) is 0.00916. The van der Waals surface area contributed by atoms with Crippen molar-refractivity contribution in [3.63, 3.8) is 0 Å². The average molecular weight is 489 g/mol. The second-order valence-corrected chi connectivity index (χ2v) is 15.1. The maximum atomic E-state index is 12.5. The van der Waals surface area contributed by atoms with E-state index in [0.717, 1.165) is 22.4 Å². The fraction of sp³-hybridized carbons (Fsp3) is 0.346. The molecule has 182 valence electrons. The van der Waals surface area contributed by atoms with Gasteiger partial charge in [-0.1, -0.05) is 39.0 Å². The van der Waals surface area contributed by atoms with Crippen LogP contribution in [0, 0.1) is 0 Å². The van der Waals surface area contributed by atoms with Crippen molar-refractivity contribution in [2.75, 3.05) is 0 Å². The number of nitrogens with zero attached hydrogens (tertiary/aromatic N) is 6. The van der Waals surface area contributed by atoms with Crippen LogP contribution >= 0.6 is 0 Å². The molecule has 0 bridgehead atoms. The molecule has 1 aromatic carbocycles. The van der Waals surface area contributed by atoms with Crippen LogP contribution in [0.3, 0.4) is 0 Å². The molecule has 0 aliphatic rings. The van der Waals surface area contributed by atoms with Crippen molar-refractivity contribution in [2.45, 2.75) is 51.9 Å². The molecule has 0 amide bonds. The average Bonchev–Trinajstić information content (AvgIpc) is 3.25. The highest BCUT2D eigenvalue weighted by Gasteiger charge is 2.37. The molecule has 9 heteroatoms. The number of aryl methyl sites for hydroxylation is 1. The van der Waals surface area contributed by atoms with Crippen molar-refractivity contribution in [3.05, 3.63) is 88.4 Å². The van der Waals surface area contributed by atoms with Crippen LogP contribution in [0.5, 0.6) is 0 Å². The van der Waals surface area contributed by atoms with Crippen molar-refractivity contribution in [3.8, 4) is 17.1 Å². The van der Waals surface area contributed by atoms with Gasteiger partial charge in [-0.25, -0.2) is 14.6 Å². The summed E-state index contributed by atoms with van der Waals surface area (Å²) in [5.41, 5.74) is 3.98. The van der Waals surface area contributed by atoms with Gasteiger partial charge >= 0.3 is 0 Å². The Morgan fingerprint density at radius 2 is 1.77 bits per heavy atom. The largest absolute Gasteiger partial charge is 0.412 e. The van der Waals surface area contributed by atoms with Crippen molar-refractivity contribution in [1.29, 1.82) is 0 Å². The van der Waals surface area contributed by atoms with E-state index in [0.29, 0.717) is 24.5 Å². The van der Waals surface area contributed by atoms with E-state index in [9.17, 15) is 4.79 Å². The predicted octanol–water partition coefficient (Wildman–Crippen LogP) is 4.54. The predicted molar refractivity (Wildman–Crippen MR) is 139 cm³/mol. The van der Waals surface area contributed by atoms with E-state index in [4.69, 9.17) is 4.43 Å². The summed E-state index contributed by atoms with van der Waals surface area (Å²) in [5, 5.41) is 8.86. The topological polar surface area (TPSA) is 87.7 Å². The highest BCUT2D eigenvalue weighted by molar-refractivity contribution is 6.74. The van der Waals surface area contributed by atoms with Gasteiger partial charge in [0.2, 0.25) is 5.43 Å². The molecule has 0 unspecified atom stereocenters. The van der Waals surface area contributed by atoms with Crippen LogP contribution in [-0.4, -0.2) is 37.8 Å². The smallest absolute Gasteiger partial charge is 0.203 e. The maximum absolute atomic E-state index is 12.5. The van der Waals surface area contributed by atoms with E-state index in [-0.39, 0.29) is 10.5 Å². The molecule has 8 nitrogen and oxygen atoms in total. The van der Waals surface area contributed by atoms with Crippen molar-refractivity contribution in [1.82, 2.24) is 29.5 Å². The minimum Gasteiger partial charge on any atom is -0.412 e. The lowest BCUT2D eigenvalue weighted by atomic mass is 10.1. The van der Waals surface area contributed by atoms with Crippen LogP contribution in [0.15, 0.2) is 66.1 Å². The van der Waals surface area contributed by atoms with Gasteiger partial charge < -0.3 is 4.43 Å². The molecule has 0 aliphatic heterocycles. The Hall–Kier alpha value is -3.43. The molecular weight excluding hydrogens is 456 g/mol. The van der Waals surface area contributed by atoms with Gasteiger partial charge in [0.25, 0.3) is 0 Å². The molecule has 0 atom stereocenters. The number of hydrogen-bond acceptors (Lipinski definition) is 6. The molecule has 3 heterocycles. The fourth-order valence-corrected chi connectivity index (χ4v) is 4.27. The summed E-state index contributed by atoms with van der Waals surface area (Å²) in [6.45, 7) is 11.7. The molecule has 0 fully saturated rings. The molecule has 4 aromatic rings. The van der Waals surface area contributed by atoms with Crippen molar-refractivity contribution in [2.24, 2.45) is 7.05 Å². The first-order chi connectivity index (χ1) is 16.5. The lowest BCUT2D eigenvalue weighted by Crippen LogP contribution is -2.40. The van der Waals surface area contributed by atoms with Crippen LogP contribution in [0.1, 0.15) is 37.6 Å². The quantitative estimate of drug-likeness (QED) is 0.355. The van der Waals surface area contributed by atoms with Gasteiger partial charge in [-0.2, -0.15) is 10.2 Å². The molecule has 0 saturated carbocycles. The summed E-state index contributed by atoms with van der Waals surface area (Å²) in [6, 6.07) is 9.44. The van der Waals surface area contributed by atoms with Gasteiger partial charge in [0.15, 0.2) is 14.1 Å². The number of aromatic nitrogens is 6. The first-order valence-electron chi connectivity index (χ1n) is 11.6. The molecule has 0 N–H and O–H groups in total. The summed E-state index contributed by atoms with van der Waals surface area (Å²) in [4.78, 5) is 21.6. The van der Waals surface area contributed by atoms with E-state index >= 15 is 0 Å². The van der Waals surface area contributed by atoms with Gasteiger partial charge in [0.1, 0.15) is 11.4 Å². The van der Waals surface area contributed by atoms with Crippen LogP contribution in [0.4, 0.5) is 0 Å². The highest BCUT2D eigenvalue weighted by atomic mass is 28.4. The minimum atomic E-state index is -1.83. The van der Waals surface area contributed by atoms with Crippen LogP contribution in [0.25, 0.3) is 17.1 Å².